The maximum Gasteiger partial charge on any atom is 0.161 e. The van der Waals surface area contributed by atoms with Crippen molar-refractivity contribution in [3.8, 4) is 0 Å². The van der Waals surface area contributed by atoms with E-state index in [0.29, 0.717) is 5.69 Å². The highest BCUT2D eigenvalue weighted by atomic mass is 15.2. The highest BCUT2D eigenvalue weighted by molar-refractivity contribution is 5.97. The third kappa shape index (κ3) is 3.13. The molecule has 5 heteroatoms. The van der Waals surface area contributed by atoms with Gasteiger partial charge in [-0.25, -0.2) is 9.97 Å². The highest BCUT2D eigenvalue weighted by Crippen LogP contribution is 2.56. The topological polar surface area (TPSA) is 67.1 Å². The van der Waals surface area contributed by atoms with Crippen molar-refractivity contribution in [2.45, 2.75) is 51.0 Å². The standard InChI is InChI=1S/C26H31N5/c1-2-31(22-9-5-7-20-6-3-4-8-21(20)22)25-23(27)24(28-16-29-25)30-26-13-17-10-18(14-26)12-19(11-17)15-26/h3-9,16-19H,2,10-15,27H2,1H3,(H,28,29,30). The summed E-state index contributed by atoms with van der Waals surface area (Å²) in [5.74, 6) is 4.24. The van der Waals surface area contributed by atoms with Crippen molar-refractivity contribution < 1.29 is 0 Å². The quantitative estimate of drug-likeness (QED) is 0.557. The van der Waals surface area contributed by atoms with Gasteiger partial charge in [0.25, 0.3) is 0 Å². The van der Waals surface area contributed by atoms with Crippen LogP contribution < -0.4 is 16.0 Å². The summed E-state index contributed by atoms with van der Waals surface area (Å²) in [5, 5.41) is 6.29. The molecule has 1 aromatic heterocycles. The molecular formula is C26H31N5. The average Bonchev–Trinajstić information content (AvgIpc) is 2.76. The van der Waals surface area contributed by atoms with Crippen LogP contribution in [0.1, 0.15) is 45.4 Å². The first-order valence-corrected chi connectivity index (χ1v) is 11.8. The Bertz CT molecular complexity index is 1080. The fourth-order valence-corrected chi connectivity index (χ4v) is 7.09. The summed E-state index contributed by atoms with van der Waals surface area (Å²) in [6, 6.07) is 14.9. The lowest BCUT2D eigenvalue weighted by atomic mass is 9.53. The van der Waals surface area contributed by atoms with Crippen LogP contribution in [0.4, 0.5) is 23.0 Å². The number of nitrogens with one attached hydrogen (secondary N) is 1. The molecule has 160 valence electrons. The fraction of sp³-hybridized carbons (Fsp3) is 0.462. The number of fused-ring (bicyclic) bond motifs is 1. The van der Waals surface area contributed by atoms with Crippen molar-refractivity contribution in [3.05, 3.63) is 48.8 Å². The summed E-state index contributed by atoms with van der Waals surface area (Å²) in [5.41, 5.74) is 8.70. The van der Waals surface area contributed by atoms with E-state index >= 15 is 0 Å². The van der Waals surface area contributed by atoms with Gasteiger partial charge in [0.05, 0.1) is 5.69 Å². The first-order valence-electron chi connectivity index (χ1n) is 11.8. The smallest absolute Gasteiger partial charge is 0.161 e. The number of hydrogen-bond donors (Lipinski definition) is 2. The van der Waals surface area contributed by atoms with E-state index in [1.807, 2.05) is 0 Å². The molecule has 4 fully saturated rings. The molecule has 7 rings (SSSR count). The molecule has 1 heterocycles. The Kier molecular flexibility index (Phi) is 4.34. The summed E-state index contributed by atoms with van der Waals surface area (Å²) in [6.07, 6.45) is 9.74. The van der Waals surface area contributed by atoms with Crippen LogP contribution in [0.2, 0.25) is 0 Å². The molecule has 0 amide bonds. The summed E-state index contributed by atoms with van der Waals surface area (Å²) < 4.78 is 0. The van der Waals surface area contributed by atoms with Gasteiger partial charge in [-0.1, -0.05) is 36.4 Å². The maximum absolute atomic E-state index is 6.74. The van der Waals surface area contributed by atoms with E-state index in [1.54, 1.807) is 6.33 Å². The van der Waals surface area contributed by atoms with Crippen LogP contribution in [0.5, 0.6) is 0 Å². The molecule has 0 aliphatic heterocycles. The third-order valence-electron chi connectivity index (χ3n) is 7.91. The van der Waals surface area contributed by atoms with Crippen molar-refractivity contribution in [2.24, 2.45) is 17.8 Å². The molecule has 4 bridgehead atoms. The largest absolute Gasteiger partial charge is 0.393 e. The van der Waals surface area contributed by atoms with Crippen LogP contribution >= 0.6 is 0 Å². The molecule has 4 aliphatic rings. The van der Waals surface area contributed by atoms with Crippen LogP contribution in [0.15, 0.2) is 48.8 Å². The summed E-state index contributed by atoms with van der Waals surface area (Å²) in [7, 11) is 0. The predicted octanol–water partition coefficient (Wildman–Crippen LogP) is 5.75. The fourth-order valence-electron chi connectivity index (χ4n) is 7.09. The van der Waals surface area contributed by atoms with E-state index in [2.05, 4.69) is 69.6 Å². The molecule has 31 heavy (non-hydrogen) atoms. The Morgan fingerprint density at radius 3 is 2.35 bits per heavy atom. The molecule has 0 radical (unpaired) electrons. The molecule has 0 saturated heterocycles. The molecule has 0 unspecified atom stereocenters. The van der Waals surface area contributed by atoms with E-state index in [1.165, 1.54) is 49.3 Å². The minimum atomic E-state index is 0.172. The lowest BCUT2D eigenvalue weighted by Gasteiger charge is -2.57. The lowest BCUT2D eigenvalue weighted by Crippen LogP contribution is -2.55. The van der Waals surface area contributed by atoms with Crippen LogP contribution in [-0.4, -0.2) is 22.1 Å². The lowest BCUT2D eigenvalue weighted by molar-refractivity contribution is 0.0106. The van der Waals surface area contributed by atoms with Gasteiger partial charge in [0.1, 0.15) is 12.0 Å². The van der Waals surface area contributed by atoms with Gasteiger partial charge >= 0.3 is 0 Å². The third-order valence-corrected chi connectivity index (χ3v) is 7.91. The van der Waals surface area contributed by atoms with Gasteiger partial charge in [-0.15, -0.1) is 0 Å². The van der Waals surface area contributed by atoms with Gasteiger partial charge < -0.3 is 16.0 Å². The average molecular weight is 414 g/mol. The number of anilines is 4. The monoisotopic (exact) mass is 413 g/mol. The second-order valence-corrected chi connectivity index (χ2v) is 10.0. The number of nitrogens with zero attached hydrogens (tertiary/aromatic N) is 3. The molecule has 4 aliphatic carbocycles. The van der Waals surface area contributed by atoms with Crippen LogP contribution in [0, 0.1) is 17.8 Å². The molecule has 3 aromatic rings. The van der Waals surface area contributed by atoms with Crippen LogP contribution in [0.25, 0.3) is 10.8 Å². The SMILES string of the molecule is CCN(c1ncnc(NC23CC4CC(CC(C4)C2)C3)c1N)c1cccc2ccccc12. The van der Waals surface area contributed by atoms with E-state index in [4.69, 9.17) is 5.73 Å². The minimum absolute atomic E-state index is 0.172. The van der Waals surface area contributed by atoms with Crippen molar-refractivity contribution in [2.75, 3.05) is 22.5 Å². The van der Waals surface area contributed by atoms with E-state index in [-0.39, 0.29) is 5.54 Å². The van der Waals surface area contributed by atoms with E-state index < -0.39 is 0 Å². The summed E-state index contributed by atoms with van der Waals surface area (Å²) >= 11 is 0. The van der Waals surface area contributed by atoms with Crippen LogP contribution in [-0.2, 0) is 0 Å². The number of benzene rings is 2. The Morgan fingerprint density at radius 1 is 0.968 bits per heavy atom. The number of nitrogens with two attached hydrogens (primary N) is 1. The normalized spacial score (nSPS) is 28.7. The molecular weight excluding hydrogens is 382 g/mol. The number of aromatic nitrogens is 2. The zero-order valence-electron chi connectivity index (χ0n) is 18.2. The molecule has 4 saturated carbocycles. The van der Waals surface area contributed by atoms with E-state index in [9.17, 15) is 0 Å². The summed E-state index contributed by atoms with van der Waals surface area (Å²) in [4.78, 5) is 11.5. The van der Waals surface area contributed by atoms with Gasteiger partial charge in [-0.3, -0.25) is 0 Å². The Hall–Kier alpha value is -2.82. The second-order valence-electron chi connectivity index (χ2n) is 10.0. The second kappa shape index (κ2) is 7.11. The first-order chi connectivity index (χ1) is 15.1. The van der Waals surface area contributed by atoms with Crippen LogP contribution in [0.3, 0.4) is 0 Å². The van der Waals surface area contributed by atoms with Gasteiger partial charge in [0, 0.05) is 17.5 Å². The van der Waals surface area contributed by atoms with Crippen molar-refractivity contribution in [3.63, 3.8) is 0 Å². The Morgan fingerprint density at radius 2 is 1.65 bits per heavy atom. The number of nitrogen functional groups attached to an aromatic ring is 1. The predicted molar refractivity (Wildman–Crippen MR) is 128 cm³/mol. The number of rotatable bonds is 5. The first kappa shape index (κ1) is 18.9. The molecule has 2 aromatic carbocycles. The van der Waals surface area contributed by atoms with Crippen molar-refractivity contribution in [1.29, 1.82) is 0 Å². The Labute approximate surface area is 184 Å². The van der Waals surface area contributed by atoms with Crippen molar-refractivity contribution in [1.82, 2.24) is 9.97 Å². The molecule has 3 N–H and O–H groups in total. The molecule has 0 spiro atoms. The zero-order valence-corrected chi connectivity index (χ0v) is 18.2. The molecule has 0 atom stereocenters. The summed E-state index contributed by atoms with van der Waals surface area (Å²) in [6.45, 7) is 2.93. The molecule has 5 nitrogen and oxygen atoms in total. The van der Waals surface area contributed by atoms with Gasteiger partial charge in [0.15, 0.2) is 11.6 Å². The van der Waals surface area contributed by atoms with Gasteiger partial charge in [0.2, 0.25) is 0 Å². The minimum Gasteiger partial charge on any atom is -0.393 e. The Balaban J connectivity index is 1.37. The zero-order chi connectivity index (χ0) is 21.0. The van der Waals surface area contributed by atoms with Crippen molar-refractivity contribution >= 4 is 33.8 Å². The van der Waals surface area contributed by atoms with E-state index in [0.717, 1.165) is 41.6 Å². The maximum atomic E-state index is 6.74. The highest BCUT2D eigenvalue weighted by Gasteiger charge is 2.51. The number of hydrogen-bond acceptors (Lipinski definition) is 5. The van der Waals surface area contributed by atoms with Gasteiger partial charge in [-0.05, 0) is 74.7 Å². The van der Waals surface area contributed by atoms with Gasteiger partial charge in [-0.2, -0.15) is 0 Å².